The molecule has 0 aromatic heterocycles. The second-order valence-corrected chi connectivity index (χ2v) is 9.49. The van der Waals surface area contributed by atoms with Crippen LogP contribution in [0.1, 0.15) is 11.1 Å². The third kappa shape index (κ3) is 3.27. The molecule has 0 N–H and O–H groups in total. The molecule has 0 radical (unpaired) electrons. The van der Waals surface area contributed by atoms with E-state index in [1.165, 1.54) is 11.8 Å². The molecule has 2 aliphatic rings. The highest BCUT2D eigenvalue weighted by atomic mass is 35.5. The van der Waals surface area contributed by atoms with E-state index in [1.807, 2.05) is 36.9 Å². The highest BCUT2D eigenvalue weighted by molar-refractivity contribution is 8.16. The smallest absolute Gasteiger partial charge is 0.262 e. The van der Waals surface area contributed by atoms with Crippen LogP contribution in [0.3, 0.4) is 0 Å². The van der Waals surface area contributed by atoms with E-state index in [2.05, 4.69) is 4.99 Å². The van der Waals surface area contributed by atoms with Crippen molar-refractivity contribution in [1.29, 1.82) is 0 Å². The molecule has 0 spiro atoms. The first-order valence-electron chi connectivity index (χ1n) is 7.22. The van der Waals surface area contributed by atoms with E-state index >= 15 is 0 Å². The Kier molecular flexibility index (Phi) is 4.46. The Labute approximate surface area is 145 Å². The van der Waals surface area contributed by atoms with Crippen molar-refractivity contribution in [1.82, 2.24) is 0 Å². The monoisotopic (exact) mass is 372 g/mol. The summed E-state index contributed by atoms with van der Waals surface area (Å²) in [5, 5.41) is 0.451. The minimum atomic E-state index is -3.05. The summed E-state index contributed by atoms with van der Waals surface area (Å²) < 4.78 is 23.9. The molecule has 0 unspecified atom stereocenters. The van der Waals surface area contributed by atoms with Gasteiger partial charge in [-0.2, -0.15) is 4.99 Å². The van der Waals surface area contributed by atoms with Crippen molar-refractivity contribution in [3.63, 3.8) is 0 Å². The summed E-state index contributed by atoms with van der Waals surface area (Å²) in [6.45, 7) is 4.03. The van der Waals surface area contributed by atoms with Crippen molar-refractivity contribution in [2.24, 2.45) is 4.99 Å². The SMILES string of the molecule is Cc1ccc(N2C(=NC(=O)CCl)S[C@@H]3CS(=O)(=O)C[C@@H]32)cc1C. The van der Waals surface area contributed by atoms with Crippen molar-refractivity contribution >= 4 is 50.0 Å². The zero-order chi connectivity index (χ0) is 16.8. The quantitative estimate of drug-likeness (QED) is 0.744. The average molecular weight is 373 g/mol. The number of aliphatic imine (C=N–C) groups is 1. The van der Waals surface area contributed by atoms with Gasteiger partial charge in [-0.05, 0) is 37.1 Å². The zero-order valence-corrected chi connectivity index (χ0v) is 15.2. The van der Waals surface area contributed by atoms with Crippen molar-refractivity contribution in [2.45, 2.75) is 25.1 Å². The van der Waals surface area contributed by atoms with E-state index < -0.39 is 15.7 Å². The molecule has 8 heteroatoms. The number of halogens is 1. The number of anilines is 1. The molecular weight excluding hydrogens is 356 g/mol. The predicted octanol–water partition coefficient (Wildman–Crippen LogP) is 2.14. The number of nitrogens with zero attached hydrogens (tertiary/aromatic N) is 2. The number of thioether (sulfide) groups is 1. The molecule has 2 atom stereocenters. The fourth-order valence-corrected chi connectivity index (χ4v) is 6.87. The molecule has 1 amide bonds. The van der Waals surface area contributed by atoms with Crippen molar-refractivity contribution in [3.05, 3.63) is 29.3 Å². The van der Waals surface area contributed by atoms with Crippen LogP contribution in [-0.4, -0.2) is 48.2 Å². The molecule has 23 heavy (non-hydrogen) atoms. The summed E-state index contributed by atoms with van der Waals surface area (Å²) in [6.07, 6.45) is 0. The largest absolute Gasteiger partial charge is 0.316 e. The molecule has 2 saturated heterocycles. The Balaban J connectivity index is 2.04. The van der Waals surface area contributed by atoms with Crippen LogP contribution >= 0.6 is 23.4 Å². The molecule has 1 aromatic carbocycles. The van der Waals surface area contributed by atoms with Gasteiger partial charge in [0.15, 0.2) is 15.0 Å². The lowest BCUT2D eigenvalue weighted by atomic mass is 10.1. The average Bonchev–Trinajstić information content (AvgIpc) is 2.93. The maximum Gasteiger partial charge on any atom is 0.262 e. The normalized spacial score (nSPS) is 27.4. The topological polar surface area (TPSA) is 66.8 Å². The standard InChI is InChI=1S/C15H17ClN2O3S2/c1-9-3-4-11(5-10(9)2)18-12-7-23(20,21)8-13(12)22-15(18)17-14(19)6-16/h3-5,12-13H,6-8H2,1-2H3/t12-,13+/m0/s1. The van der Waals surface area contributed by atoms with Crippen LogP contribution in [0.25, 0.3) is 0 Å². The van der Waals surface area contributed by atoms with Crippen LogP contribution in [0.4, 0.5) is 5.69 Å². The number of rotatable bonds is 2. The van der Waals surface area contributed by atoms with Crippen LogP contribution in [0.15, 0.2) is 23.2 Å². The Bertz CT molecular complexity index is 792. The van der Waals surface area contributed by atoms with Crippen LogP contribution in [0, 0.1) is 13.8 Å². The van der Waals surface area contributed by atoms with E-state index in [9.17, 15) is 13.2 Å². The molecule has 2 heterocycles. The van der Waals surface area contributed by atoms with Gasteiger partial charge >= 0.3 is 0 Å². The van der Waals surface area contributed by atoms with Crippen LogP contribution in [0.5, 0.6) is 0 Å². The second kappa shape index (κ2) is 6.11. The molecule has 124 valence electrons. The van der Waals surface area contributed by atoms with E-state index in [4.69, 9.17) is 11.6 Å². The van der Waals surface area contributed by atoms with Crippen molar-refractivity contribution < 1.29 is 13.2 Å². The minimum absolute atomic E-state index is 0.0890. The lowest BCUT2D eigenvalue weighted by molar-refractivity contribution is -0.115. The highest BCUT2D eigenvalue weighted by Gasteiger charge is 2.49. The number of hydrogen-bond donors (Lipinski definition) is 0. The van der Waals surface area contributed by atoms with Crippen molar-refractivity contribution in [2.75, 3.05) is 22.3 Å². The Hall–Kier alpha value is -1.05. The highest BCUT2D eigenvalue weighted by Crippen LogP contribution is 2.41. The maximum absolute atomic E-state index is 12.0. The third-order valence-electron chi connectivity index (χ3n) is 4.17. The van der Waals surface area contributed by atoms with E-state index in [-0.39, 0.29) is 28.7 Å². The number of carbonyl (C=O) groups is 1. The predicted molar refractivity (Wildman–Crippen MR) is 95.4 cm³/mol. The van der Waals surface area contributed by atoms with Gasteiger partial charge in [0.1, 0.15) is 5.88 Å². The molecule has 2 fully saturated rings. The first-order chi connectivity index (χ1) is 10.8. The number of alkyl halides is 1. The number of fused-ring (bicyclic) bond motifs is 1. The summed E-state index contributed by atoms with van der Waals surface area (Å²) in [6, 6.07) is 5.75. The van der Waals surface area contributed by atoms with Crippen LogP contribution in [0.2, 0.25) is 0 Å². The summed E-state index contributed by atoms with van der Waals surface area (Å²) in [7, 11) is -3.05. The Morgan fingerprint density at radius 1 is 1.35 bits per heavy atom. The Morgan fingerprint density at radius 3 is 2.74 bits per heavy atom. The summed E-state index contributed by atoms with van der Waals surface area (Å²) in [5.74, 6) is -0.382. The molecule has 2 aliphatic heterocycles. The van der Waals surface area contributed by atoms with Gasteiger partial charge in [0, 0.05) is 10.9 Å². The fraction of sp³-hybridized carbons (Fsp3) is 0.467. The van der Waals surface area contributed by atoms with Gasteiger partial charge in [-0.25, -0.2) is 8.42 Å². The molecule has 5 nitrogen and oxygen atoms in total. The first-order valence-corrected chi connectivity index (χ1v) is 10.5. The third-order valence-corrected chi connectivity index (χ3v) is 7.61. The molecule has 0 aliphatic carbocycles. The molecular formula is C15H17ClN2O3S2. The van der Waals surface area contributed by atoms with Gasteiger partial charge in [-0.3, -0.25) is 4.79 Å². The van der Waals surface area contributed by atoms with Gasteiger partial charge in [0.25, 0.3) is 5.91 Å². The minimum Gasteiger partial charge on any atom is -0.316 e. The number of aryl methyl sites for hydroxylation is 2. The second-order valence-electron chi connectivity index (χ2n) is 5.86. The lowest BCUT2D eigenvalue weighted by Crippen LogP contribution is -2.37. The van der Waals surface area contributed by atoms with Gasteiger partial charge in [0.05, 0.1) is 17.5 Å². The van der Waals surface area contributed by atoms with E-state index in [0.29, 0.717) is 5.17 Å². The van der Waals surface area contributed by atoms with Gasteiger partial charge in [-0.15, -0.1) is 11.6 Å². The zero-order valence-electron chi connectivity index (χ0n) is 12.8. The van der Waals surface area contributed by atoms with E-state index in [1.54, 1.807) is 0 Å². The summed E-state index contributed by atoms with van der Waals surface area (Å²) >= 11 is 6.91. The van der Waals surface area contributed by atoms with Gasteiger partial charge in [0.2, 0.25) is 0 Å². The fourth-order valence-electron chi connectivity index (χ4n) is 2.88. The summed E-state index contributed by atoms with van der Waals surface area (Å²) in [4.78, 5) is 17.6. The molecule has 1 aromatic rings. The summed E-state index contributed by atoms with van der Waals surface area (Å²) in [5.41, 5.74) is 3.14. The molecule has 0 saturated carbocycles. The van der Waals surface area contributed by atoms with Gasteiger partial charge < -0.3 is 4.90 Å². The molecule has 0 bridgehead atoms. The maximum atomic E-state index is 12.0. The lowest BCUT2D eigenvalue weighted by Gasteiger charge is -2.25. The number of sulfone groups is 1. The van der Waals surface area contributed by atoms with E-state index in [0.717, 1.165) is 16.8 Å². The van der Waals surface area contributed by atoms with Crippen LogP contribution < -0.4 is 4.90 Å². The van der Waals surface area contributed by atoms with Gasteiger partial charge in [-0.1, -0.05) is 17.8 Å². The first kappa shape index (κ1) is 16.8. The molecule has 3 rings (SSSR count). The Morgan fingerprint density at radius 2 is 2.09 bits per heavy atom. The number of amidine groups is 1. The van der Waals surface area contributed by atoms with Crippen molar-refractivity contribution in [3.8, 4) is 0 Å². The number of hydrogen-bond acceptors (Lipinski definition) is 4. The number of benzene rings is 1. The number of amides is 1. The number of carbonyl (C=O) groups excluding carboxylic acids is 1. The van der Waals surface area contributed by atoms with Crippen LogP contribution in [-0.2, 0) is 14.6 Å².